The van der Waals surface area contributed by atoms with Crippen molar-refractivity contribution in [2.75, 3.05) is 13.2 Å². The minimum Gasteiger partial charge on any atom is -0.492 e. The first-order valence-electron chi connectivity index (χ1n) is 6.96. The molecule has 2 heterocycles. The highest BCUT2D eigenvalue weighted by Gasteiger charge is 2.27. The fourth-order valence-corrected chi connectivity index (χ4v) is 2.43. The second kappa shape index (κ2) is 5.63. The standard InChI is InChI=1S/C16H14FNO4/c1-2-21-16(20)13-14-10(7-8-22-14)9-18(15(13)19)12-5-3-11(17)4-6-12/h3-6,9H,2,7-8H2,1H3. The van der Waals surface area contributed by atoms with Crippen molar-refractivity contribution in [2.45, 2.75) is 13.3 Å². The number of carbonyl (C=O) groups excluding carboxylic acids is 1. The van der Waals surface area contributed by atoms with Gasteiger partial charge in [-0.3, -0.25) is 9.36 Å². The van der Waals surface area contributed by atoms with Gasteiger partial charge in [0.15, 0.2) is 5.56 Å². The SMILES string of the molecule is CCOC(=O)c1c2c(cn(-c3ccc(F)cc3)c1=O)CCO2. The number of hydrogen-bond donors (Lipinski definition) is 0. The Morgan fingerprint density at radius 1 is 1.36 bits per heavy atom. The molecule has 0 bridgehead atoms. The van der Waals surface area contributed by atoms with E-state index in [1.807, 2.05) is 0 Å². The van der Waals surface area contributed by atoms with Crippen molar-refractivity contribution >= 4 is 5.97 Å². The lowest BCUT2D eigenvalue weighted by molar-refractivity contribution is 0.0520. The van der Waals surface area contributed by atoms with E-state index in [1.165, 1.54) is 28.8 Å². The van der Waals surface area contributed by atoms with Crippen molar-refractivity contribution in [3.8, 4) is 11.4 Å². The third kappa shape index (κ3) is 2.36. The first-order chi connectivity index (χ1) is 10.6. The average Bonchev–Trinajstić information content (AvgIpc) is 2.95. The molecule has 22 heavy (non-hydrogen) atoms. The summed E-state index contributed by atoms with van der Waals surface area (Å²) in [6, 6.07) is 5.48. The number of carbonyl (C=O) groups is 1. The molecule has 0 amide bonds. The molecule has 0 radical (unpaired) electrons. The van der Waals surface area contributed by atoms with E-state index in [4.69, 9.17) is 9.47 Å². The smallest absolute Gasteiger partial charge is 0.347 e. The Labute approximate surface area is 125 Å². The van der Waals surface area contributed by atoms with Crippen LogP contribution in [0.15, 0.2) is 35.3 Å². The second-order valence-electron chi connectivity index (χ2n) is 4.83. The van der Waals surface area contributed by atoms with Crippen molar-refractivity contribution in [3.63, 3.8) is 0 Å². The van der Waals surface area contributed by atoms with Crippen LogP contribution in [0.5, 0.6) is 5.75 Å². The Morgan fingerprint density at radius 3 is 2.77 bits per heavy atom. The number of rotatable bonds is 3. The number of hydrogen-bond acceptors (Lipinski definition) is 4. The summed E-state index contributed by atoms with van der Waals surface area (Å²) < 4.78 is 24.7. The van der Waals surface area contributed by atoms with Gasteiger partial charge in [0, 0.05) is 23.9 Å². The maximum atomic E-state index is 13.0. The summed E-state index contributed by atoms with van der Waals surface area (Å²) in [7, 11) is 0. The van der Waals surface area contributed by atoms with Crippen LogP contribution < -0.4 is 10.3 Å². The van der Waals surface area contributed by atoms with E-state index in [9.17, 15) is 14.0 Å². The molecular weight excluding hydrogens is 289 g/mol. The van der Waals surface area contributed by atoms with E-state index in [0.717, 1.165) is 5.56 Å². The maximum Gasteiger partial charge on any atom is 0.347 e. The number of pyridine rings is 1. The highest BCUT2D eigenvalue weighted by Crippen LogP contribution is 2.28. The zero-order valence-corrected chi connectivity index (χ0v) is 12.0. The van der Waals surface area contributed by atoms with Gasteiger partial charge in [-0.05, 0) is 31.2 Å². The van der Waals surface area contributed by atoms with Crippen LogP contribution in [-0.4, -0.2) is 23.8 Å². The van der Waals surface area contributed by atoms with E-state index in [0.29, 0.717) is 24.5 Å². The van der Waals surface area contributed by atoms with Gasteiger partial charge >= 0.3 is 5.97 Å². The minimum atomic E-state index is -0.706. The van der Waals surface area contributed by atoms with Gasteiger partial charge in [-0.2, -0.15) is 0 Å². The van der Waals surface area contributed by atoms with Crippen molar-refractivity contribution in [1.82, 2.24) is 4.57 Å². The third-order valence-electron chi connectivity index (χ3n) is 3.44. The first kappa shape index (κ1) is 14.3. The topological polar surface area (TPSA) is 57.5 Å². The van der Waals surface area contributed by atoms with Gasteiger partial charge in [-0.25, -0.2) is 9.18 Å². The molecule has 1 aliphatic heterocycles. The number of halogens is 1. The lowest BCUT2D eigenvalue weighted by atomic mass is 10.1. The number of aromatic nitrogens is 1. The van der Waals surface area contributed by atoms with Gasteiger partial charge in [0.1, 0.15) is 11.6 Å². The molecule has 0 unspecified atom stereocenters. The molecular formula is C16H14FNO4. The third-order valence-corrected chi connectivity index (χ3v) is 3.44. The summed E-state index contributed by atoms with van der Waals surface area (Å²) in [5.74, 6) is -0.809. The summed E-state index contributed by atoms with van der Waals surface area (Å²) in [4.78, 5) is 24.7. The summed E-state index contributed by atoms with van der Waals surface area (Å²) in [5, 5.41) is 0. The molecule has 0 atom stereocenters. The molecule has 0 aliphatic carbocycles. The van der Waals surface area contributed by atoms with Gasteiger partial charge in [0.25, 0.3) is 5.56 Å². The quantitative estimate of drug-likeness (QED) is 0.815. The number of ether oxygens (including phenoxy) is 2. The monoisotopic (exact) mass is 303 g/mol. The Balaban J connectivity index is 2.20. The Bertz CT molecular complexity index is 780. The molecule has 1 aliphatic rings. The van der Waals surface area contributed by atoms with Crippen LogP contribution in [0.2, 0.25) is 0 Å². The number of benzene rings is 1. The molecule has 6 heteroatoms. The molecule has 114 valence electrons. The van der Waals surface area contributed by atoms with E-state index in [2.05, 4.69) is 0 Å². The minimum absolute atomic E-state index is 0.110. The van der Waals surface area contributed by atoms with Crippen LogP contribution in [-0.2, 0) is 11.2 Å². The molecule has 3 rings (SSSR count). The van der Waals surface area contributed by atoms with Gasteiger partial charge in [-0.15, -0.1) is 0 Å². The summed E-state index contributed by atoms with van der Waals surface area (Å²) in [6.07, 6.45) is 2.23. The Morgan fingerprint density at radius 2 is 2.09 bits per heavy atom. The van der Waals surface area contributed by atoms with Crippen molar-refractivity contribution in [3.05, 3.63) is 57.8 Å². The number of esters is 1. The summed E-state index contributed by atoms with van der Waals surface area (Å²) in [6.45, 7) is 2.24. The maximum absolute atomic E-state index is 13.0. The summed E-state index contributed by atoms with van der Waals surface area (Å²) in [5.41, 5.74) is 0.588. The lowest BCUT2D eigenvalue weighted by Crippen LogP contribution is -2.27. The zero-order chi connectivity index (χ0) is 15.7. The van der Waals surface area contributed by atoms with Crippen LogP contribution in [0.1, 0.15) is 22.8 Å². The number of nitrogens with zero attached hydrogens (tertiary/aromatic N) is 1. The predicted molar refractivity (Wildman–Crippen MR) is 77.2 cm³/mol. The average molecular weight is 303 g/mol. The van der Waals surface area contributed by atoms with E-state index in [1.54, 1.807) is 13.1 Å². The van der Waals surface area contributed by atoms with Crippen LogP contribution in [0.25, 0.3) is 5.69 Å². The van der Waals surface area contributed by atoms with Gasteiger partial charge in [0.05, 0.1) is 13.2 Å². The largest absolute Gasteiger partial charge is 0.492 e. The van der Waals surface area contributed by atoms with Crippen LogP contribution >= 0.6 is 0 Å². The highest BCUT2D eigenvalue weighted by atomic mass is 19.1. The molecule has 5 nitrogen and oxygen atoms in total. The molecule has 0 N–H and O–H groups in total. The van der Waals surface area contributed by atoms with Crippen molar-refractivity contribution in [2.24, 2.45) is 0 Å². The van der Waals surface area contributed by atoms with Crippen molar-refractivity contribution < 1.29 is 18.7 Å². The Hall–Kier alpha value is -2.63. The highest BCUT2D eigenvalue weighted by molar-refractivity contribution is 5.93. The van der Waals surface area contributed by atoms with Gasteiger partial charge in [-0.1, -0.05) is 0 Å². The Kier molecular flexibility index (Phi) is 3.66. The van der Waals surface area contributed by atoms with E-state index < -0.39 is 17.3 Å². The van der Waals surface area contributed by atoms with Gasteiger partial charge < -0.3 is 9.47 Å². The van der Waals surface area contributed by atoms with Crippen molar-refractivity contribution in [1.29, 1.82) is 0 Å². The summed E-state index contributed by atoms with van der Waals surface area (Å²) >= 11 is 0. The zero-order valence-electron chi connectivity index (χ0n) is 12.0. The fraction of sp³-hybridized carbons (Fsp3) is 0.250. The molecule has 0 spiro atoms. The van der Waals surface area contributed by atoms with Crippen LogP contribution in [0, 0.1) is 5.82 Å². The lowest BCUT2D eigenvalue weighted by Gasteiger charge is -2.12. The van der Waals surface area contributed by atoms with Crippen LogP contribution in [0.3, 0.4) is 0 Å². The molecule has 0 saturated heterocycles. The van der Waals surface area contributed by atoms with Crippen LogP contribution in [0.4, 0.5) is 4.39 Å². The fourth-order valence-electron chi connectivity index (χ4n) is 2.43. The second-order valence-corrected chi connectivity index (χ2v) is 4.83. The van der Waals surface area contributed by atoms with E-state index in [-0.39, 0.29) is 12.2 Å². The van der Waals surface area contributed by atoms with E-state index >= 15 is 0 Å². The molecule has 0 saturated carbocycles. The molecule has 1 aromatic heterocycles. The molecule has 1 aromatic carbocycles. The predicted octanol–water partition coefficient (Wildman–Crippen LogP) is 2.09. The molecule has 0 fully saturated rings. The normalized spacial score (nSPS) is 12.6. The molecule has 2 aromatic rings. The van der Waals surface area contributed by atoms with Gasteiger partial charge in [0.2, 0.25) is 0 Å². The first-order valence-corrected chi connectivity index (χ1v) is 6.96. The number of fused-ring (bicyclic) bond motifs is 1.